The molecule has 2 N–H and O–H groups in total. The van der Waals surface area contributed by atoms with Gasteiger partial charge in [-0.1, -0.05) is 12.1 Å². The van der Waals surface area contributed by atoms with Crippen LogP contribution in [0.3, 0.4) is 0 Å². The predicted octanol–water partition coefficient (Wildman–Crippen LogP) is 0.178. The lowest BCUT2D eigenvalue weighted by atomic mass is 10.2. The van der Waals surface area contributed by atoms with Crippen molar-refractivity contribution in [3.63, 3.8) is 0 Å². The van der Waals surface area contributed by atoms with Gasteiger partial charge in [-0.3, -0.25) is 0 Å². The molecule has 2 saturated heterocycles. The van der Waals surface area contributed by atoms with Crippen LogP contribution in [-0.2, 0) is 4.74 Å². The molecule has 0 saturated carbocycles. The lowest BCUT2D eigenvalue weighted by Crippen LogP contribution is -2.44. The van der Waals surface area contributed by atoms with Crippen molar-refractivity contribution in [3.05, 3.63) is 24.3 Å². The summed E-state index contributed by atoms with van der Waals surface area (Å²) in [4.78, 5) is 11.4. The van der Waals surface area contributed by atoms with E-state index in [-0.39, 0.29) is 6.10 Å². The number of benzene rings is 1. The van der Waals surface area contributed by atoms with Crippen LogP contribution in [0.4, 0.5) is 5.95 Å². The highest BCUT2D eigenvalue weighted by Crippen LogP contribution is 2.27. The minimum Gasteiger partial charge on any atom is -0.468 e. The molecule has 2 fully saturated rings. The van der Waals surface area contributed by atoms with Crippen molar-refractivity contribution in [2.45, 2.75) is 12.2 Å². The van der Waals surface area contributed by atoms with Gasteiger partial charge in [0.25, 0.3) is 0 Å². The van der Waals surface area contributed by atoms with Crippen molar-refractivity contribution in [2.75, 3.05) is 44.3 Å². The first-order chi connectivity index (χ1) is 11.3. The molecule has 2 unspecified atom stereocenters. The molecule has 4 rings (SSSR count). The minimum atomic E-state index is -0.619. The van der Waals surface area contributed by atoms with E-state index in [0.29, 0.717) is 25.0 Å². The third kappa shape index (κ3) is 2.95. The van der Waals surface area contributed by atoms with E-state index in [4.69, 9.17) is 9.47 Å². The van der Waals surface area contributed by atoms with Gasteiger partial charge in [-0.2, -0.15) is 4.98 Å². The largest absolute Gasteiger partial charge is 0.468 e. The number of ether oxygens (including phenoxy) is 2. The number of anilines is 1. The smallest absolute Gasteiger partial charge is 0.229 e. The Morgan fingerprint density at radius 2 is 2.00 bits per heavy atom. The molecule has 1 aromatic carbocycles. The summed E-state index contributed by atoms with van der Waals surface area (Å²) in [7, 11) is 0. The van der Waals surface area contributed by atoms with Gasteiger partial charge in [0, 0.05) is 26.2 Å². The second-order valence-corrected chi connectivity index (χ2v) is 5.84. The van der Waals surface area contributed by atoms with E-state index >= 15 is 0 Å². The number of aliphatic hydroxyl groups excluding tert-OH is 1. The van der Waals surface area contributed by atoms with Crippen LogP contribution in [0.5, 0.6) is 5.88 Å². The molecule has 122 valence electrons. The molecule has 2 aliphatic heterocycles. The Morgan fingerprint density at radius 3 is 2.78 bits per heavy atom. The SMILES string of the molecule is OC1COCC1Oc1nc(N2CCNCC2)nc2ccccc12. The van der Waals surface area contributed by atoms with Crippen LogP contribution >= 0.6 is 0 Å². The maximum Gasteiger partial charge on any atom is 0.229 e. The molecule has 2 aromatic rings. The number of fused-ring (bicyclic) bond motifs is 1. The molecule has 0 radical (unpaired) electrons. The fraction of sp³-hybridized carbons (Fsp3) is 0.500. The number of hydrogen-bond acceptors (Lipinski definition) is 7. The molecular weight excluding hydrogens is 296 g/mol. The van der Waals surface area contributed by atoms with E-state index in [1.54, 1.807) is 0 Å². The monoisotopic (exact) mass is 316 g/mol. The molecule has 3 heterocycles. The van der Waals surface area contributed by atoms with Crippen molar-refractivity contribution in [1.29, 1.82) is 0 Å². The standard InChI is InChI=1S/C16H20N4O3/c21-13-9-22-10-14(13)23-15-11-3-1-2-4-12(11)18-16(19-15)20-7-5-17-6-8-20/h1-4,13-14,17,21H,5-10H2. The van der Waals surface area contributed by atoms with E-state index in [2.05, 4.69) is 20.2 Å². The Hall–Kier alpha value is -1.96. The highest BCUT2D eigenvalue weighted by Gasteiger charge is 2.29. The topological polar surface area (TPSA) is 79.7 Å². The molecule has 0 amide bonds. The Balaban J connectivity index is 1.71. The number of rotatable bonds is 3. The van der Waals surface area contributed by atoms with Crippen LogP contribution in [0, 0.1) is 0 Å². The van der Waals surface area contributed by atoms with Crippen molar-refractivity contribution >= 4 is 16.9 Å². The summed E-state index contributed by atoms with van der Waals surface area (Å²) in [6, 6.07) is 7.78. The third-order valence-corrected chi connectivity index (χ3v) is 4.22. The van der Waals surface area contributed by atoms with Crippen molar-refractivity contribution in [3.8, 4) is 5.88 Å². The van der Waals surface area contributed by atoms with Crippen LogP contribution in [0.15, 0.2) is 24.3 Å². The molecule has 7 nitrogen and oxygen atoms in total. The van der Waals surface area contributed by atoms with Gasteiger partial charge in [-0.05, 0) is 12.1 Å². The highest BCUT2D eigenvalue weighted by atomic mass is 16.6. The second kappa shape index (κ2) is 6.27. The molecule has 2 aliphatic rings. The lowest BCUT2D eigenvalue weighted by Gasteiger charge is -2.28. The number of para-hydroxylation sites is 1. The van der Waals surface area contributed by atoms with Gasteiger partial charge < -0.3 is 24.8 Å². The molecule has 0 bridgehead atoms. The van der Waals surface area contributed by atoms with Crippen LogP contribution < -0.4 is 15.0 Å². The normalized spacial score (nSPS) is 25.0. The fourth-order valence-corrected chi connectivity index (χ4v) is 2.91. The summed E-state index contributed by atoms with van der Waals surface area (Å²) in [5, 5.41) is 14.1. The summed E-state index contributed by atoms with van der Waals surface area (Å²) >= 11 is 0. The minimum absolute atomic E-state index is 0.304. The zero-order valence-corrected chi connectivity index (χ0v) is 12.8. The zero-order valence-electron chi connectivity index (χ0n) is 12.8. The van der Waals surface area contributed by atoms with Crippen molar-refractivity contribution in [1.82, 2.24) is 15.3 Å². The average molecular weight is 316 g/mol. The molecule has 23 heavy (non-hydrogen) atoms. The Kier molecular flexibility index (Phi) is 3.99. The molecule has 0 spiro atoms. The summed E-state index contributed by atoms with van der Waals surface area (Å²) in [6.07, 6.45) is -1.00. The second-order valence-electron chi connectivity index (χ2n) is 5.84. The number of hydrogen-bond donors (Lipinski definition) is 2. The number of nitrogens with one attached hydrogen (secondary N) is 1. The van der Waals surface area contributed by atoms with Gasteiger partial charge in [-0.25, -0.2) is 4.98 Å². The maximum atomic E-state index is 9.93. The van der Waals surface area contributed by atoms with Crippen LogP contribution in [0.1, 0.15) is 0 Å². The number of piperazine rings is 1. The van der Waals surface area contributed by atoms with Crippen molar-refractivity contribution < 1.29 is 14.6 Å². The molecular formula is C16H20N4O3. The highest BCUT2D eigenvalue weighted by molar-refractivity contribution is 5.84. The van der Waals surface area contributed by atoms with Gasteiger partial charge in [0.05, 0.1) is 24.1 Å². The van der Waals surface area contributed by atoms with E-state index in [1.165, 1.54) is 0 Å². The Bertz CT molecular complexity index is 690. The first kappa shape index (κ1) is 14.6. The summed E-state index contributed by atoms with van der Waals surface area (Å²) in [5.74, 6) is 1.19. The third-order valence-electron chi connectivity index (χ3n) is 4.22. The van der Waals surface area contributed by atoms with Crippen LogP contribution in [-0.4, -0.2) is 66.7 Å². The van der Waals surface area contributed by atoms with Gasteiger partial charge >= 0.3 is 0 Å². The number of aliphatic hydroxyl groups is 1. The average Bonchev–Trinajstić information content (AvgIpc) is 3.00. The van der Waals surface area contributed by atoms with Crippen LogP contribution in [0.2, 0.25) is 0 Å². The molecule has 2 atom stereocenters. The van der Waals surface area contributed by atoms with E-state index in [9.17, 15) is 5.11 Å². The van der Waals surface area contributed by atoms with Gasteiger partial charge in [-0.15, -0.1) is 0 Å². The number of aromatic nitrogens is 2. The zero-order chi connectivity index (χ0) is 15.6. The van der Waals surface area contributed by atoms with E-state index in [0.717, 1.165) is 37.1 Å². The fourth-order valence-electron chi connectivity index (χ4n) is 2.91. The number of nitrogens with zero attached hydrogens (tertiary/aromatic N) is 3. The Labute approximate surface area is 134 Å². The quantitative estimate of drug-likeness (QED) is 0.836. The van der Waals surface area contributed by atoms with Gasteiger partial charge in [0.15, 0.2) is 6.10 Å². The first-order valence-electron chi connectivity index (χ1n) is 7.96. The summed E-state index contributed by atoms with van der Waals surface area (Å²) in [5.41, 5.74) is 0.847. The summed E-state index contributed by atoms with van der Waals surface area (Å²) < 4.78 is 11.2. The predicted molar refractivity (Wildman–Crippen MR) is 85.9 cm³/mol. The van der Waals surface area contributed by atoms with Crippen molar-refractivity contribution in [2.24, 2.45) is 0 Å². The Morgan fingerprint density at radius 1 is 1.17 bits per heavy atom. The van der Waals surface area contributed by atoms with Gasteiger partial charge in [0.2, 0.25) is 11.8 Å². The molecule has 7 heteroatoms. The molecule has 1 aromatic heterocycles. The van der Waals surface area contributed by atoms with Crippen LogP contribution in [0.25, 0.3) is 10.9 Å². The summed E-state index contributed by atoms with van der Waals surface area (Å²) in [6.45, 7) is 4.25. The first-order valence-corrected chi connectivity index (χ1v) is 7.96. The lowest BCUT2D eigenvalue weighted by molar-refractivity contribution is 0.0715. The van der Waals surface area contributed by atoms with E-state index < -0.39 is 6.10 Å². The maximum absolute atomic E-state index is 9.93. The van der Waals surface area contributed by atoms with Gasteiger partial charge in [0.1, 0.15) is 6.10 Å². The molecule has 0 aliphatic carbocycles. The van der Waals surface area contributed by atoms with E-state index in [1.807, 2.05) is 24.3 Å².